The molecule has 1 aromatic carbocycles. The quantitative estimate of drug-likeness (QED) is 0.454. The maximum absolute atomic E-state index is 11.8. The lowest BCUT2D eigenvalue weighted by molar-refractivity contribution is 0.0982. The third-order valence-electron chi connectivity index (χ3n) is 2.65. The largest absolute Gasteiger partial charge is 0.329 e. The van der Waals surface area contributed by atoms with Crippen molar-refractivity contribution < 1.29 is 4.79 Å². The van der Waals surface area contributed by atoms with Gasteiger partial charge < -0.3 is 4.57 Å². The Balaban J connectivity index is 1.73. The van der Waals surface area contributed by atoms with Gasteiger partial charge in [-0.15, -0.1) is 0 Å². The summed E-state index contributed by atoms with van der Waals surface area (Å²) < 4.78 is 1.99. The highest BCUT2D eigenvalue weighted by Crippen LogP contribution is 2.16. The van der Waals surface area contributed by atoms with Crippen LogP contribution >= 0.6 is 11.8 Å². The Morgan fingerprint density at radius 2 is 2.11 bits per heavy atom. The minimum atomic E-state index is 0.219. The van der Waals surface area contributed by atoms with Crippen molar-refractivity contribution in [2.75, 3.05) is 5.75 Å². The molecule has 0 atom stereocenters. The van der Waals surface area contributed by atoms with Crippen molar-refractivity contribution in [3.63, 3.8) is 0 Å². The standard InChI is InChI=1S/C14H16N2OS/c1-16-10-9-15-14(16)18-11-5-8-13(17)12-6-3-2-4-7-12/h2-4,6-7,9-10H,5,8,11H2,1H3. The zero-order chi connectivity index (χ0) is 12.8. The number of Topliss-reactive ketones (excluding diaryl/α,β-unsaturated/α-hetero) is 1. The fourth-order valence-corrected chi connectivity index (χ4v) is 2.53. The van der Waals surface area contributed by atoms with E-state index in [1.807, 2.05) is 48.1 Å². The highest BCUT2D eigenvalue weighted by molar-refractivity contribution is 7.99. The van der Waals surface area contributed by atoms with Crippen LogP contribution in [-0.4, -0.2) is 21.1 Å². The normalized spacial score (nSPS) is 10.5. The number of thioether (sulfide) groups is 1. The minimum Gasteiger partial charge on any atom is -0.329 e. The monoisotopic (exact) mass is 260 g/mol. The summed E-state index contributed by atoms with van der Waals surface area (Å²) in [6, 6.07) is 9.46. The van der Waals surface area contributed by atoms with Gasteiger partial charge in [0.25, 0.3) is 0 Å². The molecule has 1 heterocycles. The number of nitrogens with zero attached hydrogens (tertiary/aromatic N) is 2. The van der Waals surface area contributed by atoms with Gasteiger partial charge in [0.2, 0.25) is 0 Å². The molecule has 18 heavy (non-hydrogen) atoms. The van der Waals surface area contributed by atoms with E-state index in [-0.39, 0.29) is 5.78 Å². The first kappa shape index (κ1) is 12.9. The molecule has 0 aliphatic carbocycles. The number of imidazole rings is 1. The predicted octanol–water partition coefficient (Wildman–Crippen LogP) is 3.18. The molecule has 0 saturated heterocycles. The molecular formula is C14H16N2OS. The third-order valence-corrected chi connectivity index (χ3v) is 3.80. The zero-order valence-electron chi connectivity index (χ0n) is 10.4. The van der Waals surface area contributed by atoms with Crippen molar-refractivity contribution in [3.8, 4) is 0 Å². The van der Waals surface area contributed by atoms with E-state index in [9.17, 15) is 4.79 Å². The van der Waals surface area contributed by atoms with Crippen LogP contribution in [0.5, 0.6) is 0 Å². The Morgan fingerprint density at radius 1 is 1.33 bits per heavy atom. The second kappa shape index (κ2) is 6.40. The van der Waals surface area contributed by atoms with Crippen molar-refractivity contribution in [1.82, 2.24) is 9.55 Å². The highest BCUT2D eigenvalue weighted by atomic mass is 32.2. The van der Waals surface area contributed by atoms with E-state index < -0.39 is 0 Å². The number of hydrogen-bond donors (Lipinski definition) is 0. The van der Waals surface area contributed by atoms with Crippen molar-refractivity contribution in [1.29, 1.82) is 0 Å². The molecule has 0 fully saturated rings. The average Bonchev–Trinajstić information content (AvgIpc) is 2.81. The van der Waals surface area contributed by atoms with Gasteiger partial charge in [-0.1, -0.05) is 42.1 Å². The smallest absolute Gasteiger partial charge is 0.167 e. The summed E-state index contributed by atoms with van der Waals surface area (Å²) in [6.07, 6.45) is 5.20. The molecule has 4 heteroatoms. The summed E-state index contributed by atoms with van der Waals surface area (Å²) in [6.45, 7) is 0. The number of aryl methyl sites for hydroxylation is 1. The number of aromatic nitrogens is 2. The van der Waals surface area contributed by atoms with Gasteiger partial charge in [-0.2, -0.15) is 0 Å². The van der Waals surface area contributed by atoms with Crippen LogP contribution < -0.4 is 0 Å². The second-order valence-electron chi connectivity index (χ2n) is 4.06. The number of rotatable bonds is 6. The van der Waals surface area contributed by atoms with Crippen LogP contribution in [-0.2, 0) is 7.05 Å². The van der Waals surface area contributed by atoms with E-state index in [4.69, 9.17) is 0 Å². The van der Waals surface area contributed by atoms with E-state index in [1.165, 1.54) is 0 Å². The molecule has 94 valence electrons. The highest BCUT2D eigenvalue weighted by Gasteiger charge is 2.05. The van der Waals surface area contributed by atoms with Crippen LogP contribution in [0.15, 0.2) is 47.9 Å². The first-order valence-electron chi connectivity index (χ1n) is 5.96. The van der Waals surface area contributed by atoms with Gasteiger partial charge in [0.15, 0.2) is 10.9 Å². The molecule has 0 aliphatic heterocycles. The molecule has 0 amide bonds. The van der Waals surface area contributed by atoms with Crippen molar-refractivity contribution in [3.05, 3.63) is 48.3 Å². The summed E-state index contributed by atoms with van der Waals surface area (Å²) in [7, 11) is 1.98. The molecule has 1 aromatic heterocycles. The topological polar surface area (TPSA) is 34.9 Å². The van der Waals surface area contributed by atoms with E-state index in [1.54, 1.807) is 18.0 Å². The Hall–Kier alpha value is -1.55. The molecule has 0 unspecified atom stereocenters. The minimum absolute atomic E-state index is 0.219. The number of carbonyl (C=O) groups is 1. The SMILES string of the molecule is Cn1ccnc1SCCCC(=O)c1ccccc1. The maximum atomic E-state index is 11.8. The molecule has 2 aromatic rings. The average molecular weight is 260 g/mol. The Bertz CT molecular complexity index is 508. The van der Waals surface area contributed by atoms with Crippen molar-refractivity contribution >= 4 is 17.5 Å². The maximum Gasteiger partial charge on any atom is 0.167 e. The first-order chi connectivity index (χ1) is 8.77. The van der Waals surface area contributed by atoms with Gasteiger partial charge in [-0.3, -0.25) is 4.79 Å². The molecule has 2 rings (SSSR count). The fourth-order valence-electron chi connectivity index (χ4n) is 1.66. The molecule has 0 bridgehead atoms. The van der Waals surface area contributed by atoms with E-state index in [0.29, 0.717) is 6.42 Å². The number of hydrogen-bond acceptors (Lipinski definition) is 3. The summed E-state index contributed by atoms with van der Waals surface area (Å²) in [5, 5.41) is 1.00. The molecule has 0 spiro atoms. The lowest BCUT2D eigenvalue weighted by Gasteiger charge is -2.02. The summed E-state index contributed by atoms with van der Waals surface area (Å²) in [4.78, 5) is 16.1. The van der Waals surface area contributed by atoms with Gasteiger partial charge in [-0.25, -0.2) is 4.98 Å². The molecular weight excluding hydrogens is 244 g/mol. The van der Waals surface area contributed by atoms with Gasteiger partial charge in [-0.05, 0) is 6.42 Å². The van der Waals surface area contributed by atoms with Crippen molar-refractivity contribution in [2.24, 2.45) is 7.05 Å². The Labute approximate surface area is 111 Å². The Morgan fingerprint density at radius 3 is 2.78 bits per heavy atom. The summed E-state index contributed by atoms with van der Waals surface area (Å²) in [5.41, 5.74) is 0.805. The Kier molecular flexibility index (Phi) is 4.59. The van der Waals surface area contributed by atoms with Crippen LogP contribution in [0.3, 0.4) is 0 Å². The summed E-state index contributed by atoms with van der Waals surface area (Å²) in [5.74, 6) is 1.14. The molecule has 3 nitrogen and oxygen atoms in total. The van der Waals surface area contributed by atoms with Gasteiger partial charge in [0.05, 0.1) is 0 Å². The lowest BCUT2D eigenvalue weighted by atomic mass is 10.1. The van der Waals surface area contributed by atoms with Crippen LogP contribution in [0.4, 0.5) is 0 Å². The van der Waals surface area contributed by atoms with Crippen molar-refractivity contribution in [2.45, 2.75) is 18.0 Å². The predicted molar refractivity (Wildman–Crippen MR) is 73.9 cm³/mol. The van der Waals surface area contributed by atoms with Gasteiger partial charge >= 0.3 is 0 Å². The zero-order valence-corrected chi connectivity index (χ0v) is 11.2. The molecule has 0 aliphatic rings. The number of benzene rings is 1. The van der Waals surface area contributed by atoms with Crippen LogP contribution in [0.25, 0.3) is 0 Å². The molecule has 0 saturated carbocycles. The van der Waals surface area contributed by atoms with E-state index in [0.717, 1.165) is 22.9 Å². The van der Waals surface area contributed by atoms with Crippen LogP contribution in [0, 0.1) is 0 Å². The first-order valence-corrected chi connectivity index (χ1v) is 6.94. The second-order valence-corrected chi connectivity index (χ2v) is 5.12. The van der Waals surface area contributed by atoms with E-state index >= 15 is 0 Å². The summed E-state index contributed by atoms with van der Waals surface area (Å²) >= 11 is 1.69. The molecule has 0 radical (unpaired) electrons. The number of ketones is 1. The lowest BCUT2D eigenvalue weighted by Crippen LogP contribution is -1.99. The van der Waals surface area contributed by atoms with Gasteiger partial charge in [0.1, 0.15) is 0 Å². The molecule has 0 N–H and O–H groups in total. The van der Waals surface area contributed by atoms with Crippen LogP contribution in [0.1, 0.15) is 23.2 Å². The fraction of sp³-hybridized carbons (Fsp3) is 0.286. The van der Waals surface area contributed by atoms with Gasteiger partial charge in [0, 0.05) is 37.2 Å². The third kappa shape index (κ3) is 3.47. The van der Waals surface area contributed by atoms with Crippen LogP contribution in [0.2, 0.25) is 0 Å². The van der Waals surface area contributed by atoms with E-state index in [2.05, 4.69) is 4.98 Å². The number of carbonyl (C=O) groups excluding carboxylic acids is 1.